The summed E-state index contributed by atoms with van der Waals surface area (Å²) < 4.78 is 5.01. The summed E-state index contributed by atoms with van der Waals surface area (Å²) in [6.45, 7) is 1.28. The van der Waals surface area contributed by atoms with Crippen LogP contribution >= 0.6 is 11.6 Å². The fourth-order valence-corrected chi connectivity index (χ4v) is 3.72. The number of anilines is 1. The third-order valence-electron chi connectivity index (χ3n) is 4.82. The Hall–Kier alpha value is -2.00. The van der Waals surface area contributed by atoms with Gasteiger partial charge in [-0.25, -0.2) is 19.9 Å². The van der Waals surface area contributed by atoms with Crippen LogP contribution in [0.4, 0.5) is 5.82 Å². The number of piperazine rings is 1. The number of ether oxygens (including phenoxy) is 1. The largest absolute Gasteiger partial charge is 0.481 e. The van der Waals surface area contributed by atoms with Crippen molar-refractivity contribution in [3.05, 3.63) is 41.4 Å². The van der Waals surface area contributed by atoms with Crippen LogP contribution in [0.5, 0.6) is 5.88 Å². The summed E-state index contributed by atoms with van der Waals surface area (Å²) in [7, 11) is 1.52. The molecule has 25 heavy (non-hydrogen) atoms. The Labute approximate surface area is 149 Å². The second-order valence-corrected chi connectivity index (χ2v) is 6.66. The van der Waals surface area contributed by atoms with Gasteiger partial charge in [-0.15, -0.1) is 0 Å². The smallest absolute Gasteiger partial charge is 0.255 e. The second-order valence-electron chi connectivity index (χ2n) is 6.28. The van der Waals surface area contributed by atoms with Crippen molar-refractivity contribution in [2.75, 3.05) is 25.1 Å². The van der Waals surface area contributed by atoms with Crippen LogP contribution in [0, 0.1) is 0 Å². The Morgan fingerprint density at radius 3 is 2.44 bits per heavy atom. The average molecular weight is 364 g/mol. The molecule has 0 aromatic carbocycles. The Morgan fingerprint density at radius 2 is 1.88 bits per heavy atom. The fourth-order valence-electron chi connectivity index (χ4n) is 3.62. The molecular weight excluding hydrogens is 346 g/mol. The van der Waals surface area contributed by atoms with Gasteiger partial charge in [-0.3, -0.25) is 0 Å². The number of halogens is 1. The van der Waals surface area contributed by atoms with Gasteiger partial charge in [0.25, 0.3) is 5.91 Å². The standard InChI is InChI=1S/C16H18ClN5O3/c1-25-15-3-2-10(5-20-15)16(23,24)22-11-4-12(22)9-21(8-11)14-7-18-13(17)6-19-14/h2-3,5-7,11-12,23-24H,4,8-9H2,1H3. The lowest BCUT2D eigenvalue weighted by atomic mass is 9.85. The van der Waals surface area contributed by atoms with E-state index in [1.807, 2.05) is 0 Å². The molecule has 2 aromatic heterocycles. The molecule has 0 radical (unpaired) electrons. The van der Waals surface area contributed by atoms with E-state index < -0.39 is 5.91 Å². The highest BCUT2D eigenvalue weighted by Crippen LogP contribution is 2.41. The van der Waals surface area contributed by atoms with Crippen LogP contribution in [-0.2, 0) is 5.91 Å². The Bertz CT molecular complexity index is 743. The Kier molecular flexibility index (Phi) is 3.99. The van der Waals surface area contributed by atoms with Gasteiger partial charge in [0, 0.05) is 43.0 Å². The van der Waals surface area contributed by atoms with Crippen molar-refractivity contribution in [3.8, 4) is 5.88 Å². The minimum atomic E-state index is -2.06. The molecule has 0 spiro atoms. The molecular formula is C16H18ClN5O3. The summed E-state index contributed by atoms with van der Waals surface area (Å²) in [5.41, 5.74) is 0.322. The van der Waals surface area contributed by atoms with Gasteiger partial charge in [0.1, 0.15) is 11.0 Å². The first-order valence-electron chi connectivity index (χ1n) is 7.95. The lowest BCUT2D eigenvalue weighted by Crippen LogP contribution is -2.74. The summed E-state index contributed by atoms with van der Waals surface area (Å²) in [6, 6.07) is 3.24. The van der Waals surface area contributed by atoms with Crippen molar-refractivity contribution in [1.29, 1.82) is 0 Å². The molecule has 3 saturated heterocycles. The minimum absolute atomic E-state index is 0.00771. The second kappa shape index (κ2) is 6.06. The molecule has 3 aliphatic heterocycles. The van der Waals surface area contributed by atoms with Crippen molar-refractivity contribution < 1.29 is 14.9 Å². The van der Waals surface area contributed by atoms with E-state index in [0.717, 1.165) is 12.2 Å². The summed E-state index contributed by atoms with van der Waals surface area (Å²) in [6.07, 6.45) is 5.48. The fraction of sp³-hybridized carbons (Fsp3) is 0.438. The number of hydrogen-bond donors (Lipinski definition) is 2. The SMILES string of the molecule is COc1ccc(C(O)(O)N2C3CC2CN(c2cnc(Cl)cn2)C3)cn1. The molecule has 132 valence electrons. The predicted molar refractivity (Wildman–Crippen MR) is 90.2 cm³/mol. The summed E-state index contributed by atoms with van der Waals surface area (Å²) >= 11 is 5.78. The quantitative estimate of drug-likeness (QED) is 0.762. The third kappa shape index (κ3) is 2.81. The third-order valence-corrected chi connectivity index (χ3v) is 5.01. The van der Waals surface area contributed by atoms with Crippen molar-refractivity contribution in [1.82, 2.24) is 19.9 Å². The molecule has 2 N–H and O–H groups in total. The Balaban J connectivity index is 1.50. The van der Waals surface area contributed by atoms with Crippen molar-refractivity contribution >= 4 is 17.4 Å². The number of hydrogen-bond acceptors (Lipinski definition) is 8. The number of rotatable bonds is 4. The molecule has 2 unspecified atom stereocenters. The van der Waals surface area contributed by atoms with E-state index in [4.69, 9.17) is 16.3 Å². The number of fused-ring (bicyclic) bond motifs is 2. The molecule has 5 heterocycles. The van der Waals surface area contributed by atoms with E-state index in [2.05, 4.69) is 19.9 Å². The van der Waals surface area contributed by atoms with Gasteiger partial charge in [0.15, 0.2) is 0 Å². The van der Waals surface area contributed by atoms with Gasteiger partial charge in [0.2, 0.25) is 5.88 Å². The van der Waals surface area contributed by atoms with Crippen molar-refractivity contribution in [2.45, 2.75) is 24.4 Å². The van der Waals surface area contributed by atoms with E-state index in [1.165, 1.54) is 19.5 Å². The summed E-state index contributed by atoms with van der Waals surface area (Å²) in [5, 5.41) is 21.8. The molecule has 2 aromatic rings. The van der Waals surface area contributed by atoms with Crippen molar-refractivity contribution in [3.63, 3.8) is 0 Å². The lowest BCUT2D eigenvalue weighted by Gasteiger charge is -2.60. The van der Waals surface area contributed by atoms with E-state index >= 15 is 0 Å². The maximum absolute atomic E-state index is 10.7. The zero-order valence-corrected chi connectivity index (χ0v) is 14.3. The zero-order valence-electron chi connectivity index (χ0n) is 13.6. The zero-order chi connectivity index (χ0) is 17.6. The van der Waals surface area contributed by atoms with E-state index in [0.29, 0.717) is 29.7 Å². The summed E-state index contributed by atoms with van der Waals surface area (Å²) in [5.74, 6) is -0.896. The molecule has 9 heteroatoms. The molecule has 3 aliphatic rings. The molecule has 5 rings (SSSR count). The highest BCUT2D eigenvalue weighted by Gasteiger charge is 2.54. The average Bonchev–Trinajstić information content (AvgIpc) is 2.62. The van der Waals surface area contributed by atoms with Gasteiger partial charge < -0.3 is 19.8 Å². The van der Waals surface area contributed by atoms with Gasteiger partial charge in [-0.05, 0) is 12.5 Å². The van der Waals surface area contributed by atoms with Crippen LogP contribution in [0.1, 0.15) is 12.0 Å². The van der Waals surface area contributed by atoms with Gasteiger partial charge in [-0.1, -0.05) is 11.6 Å². The van der Waals surface area contributed by atoms with E-state index in [9.17, 15) is 10.2 Å². The molecule has 2 bridgehead atoms. The van der Waals surface area contributed by atoms with Crippen LogP contribution in [-0.4, -0.2) is 62.3 Å². The highest BCUT2D eigenvalue weighted by atomic mass is 35.5. The number of methoxy groups -OCH3 is 1. The van der Waals surface area contributed by atoms with Gasteiger partial charge in [0.05, 0.1) is 19.5 Å². The molecule has 8 nitrogen and oxygen atoms in total. The predicted octanol–water partition coefficient (Wildman–Crippen LogP) is 0.592. The molecule has 0 aliphatic carbocycles. The van der Waals surface area contributed by atoms with Gasteiger partial charge in [-0.2, -0.15) is 0 Å². The first-order chi connectivity index (χ1) is 12.0. The highest BCUT2D eigenvalue weighted by molar-refractivity contribution is 6.29. The normalized spacial score (nSPS) is 23.3. The number of pyridine rings is 1. The van der Waals surface area contributed by atoms with Crippen LogP contribution in [0.15, 0.2) is 30.7 Å². The maximum atomic E-state index is 10.7. The number of nitrogens with zero attached hydrogens (tertiary/aromatic N) is 5. The van der Waals surface area contributed by atoms with E-state index in [1.54, 1.807) is 23.2 Å². The van der Waals surface area contributed by atoms with E-state index in [-0.39, 0.29) is 12.1 Å². The summed E-state index contributed by atoms with van der Waals surface area (Å²) in [4.78, 5) is 16.2. The molecule has 3 fully saturated rings. The minimum Gasteiger partial charge on any atom is -0.481 e. The number of piperidine rings is 1. The first-order valence-corrected chi connectivity index (χ1v) is 8.33. The monoisotopic (exact) mass is 363 g/mol. The van der Waals surface area contributed by atoms with Crippen LogP contribution < -0.4 is 9.64 Å². The topological polar surface area (TPSA) is 94.8 Å². The molecule has 2 atom stereocenters. The van der Waals surface area contributed by atoms with Crippen LogP contribution in [0.25, 0.3) is 0 Å². The van der Waals surface area contributed by atoms with Crippen LogP contribution in [0.2, 0.25) is 5.15 Å². The maximum Gasteiger partial charge on any atom is 0.255 e. The lowest BCUT2D eigenvalue weighted by molar-refractivity contribution is -0.328. The van der Waals surface area contributed by atoms with Gasteiger partial charge >= 0.3 is 0 Å². The Morgan fingerprint density at radius 1 is 1.12 bits per heavy atom. The first kappa shape index (κ1) is 16.5. The molecule has 0 saturated carbocycles. The van der Waals surface area contributed by atoms with Crippen molar-refractivity contribution in [2.24, 2.45) is 0 Å². The number of aliphatic hydroxyl groups is 2. The number of aromatic nitrogens is 3. The molecule has 0 amide bonds. The van der Waals surface area contributed by atoms with Crippen LogP contribution in [0.3, 0.4) is 0 Å².